The maximum absolute atomic E-state index is 5.41. The van der Waals surface area contributed by atoms with Crippen LogP contribution >= 0.6 is 11.3 Å². The number of hydrogen-bond donors (Lipinski definition) is 1. The normalized spacial score (nSPS) is 10.9. The lowest BCUT2D eigenvalue weighted by atomic mass is 10.2. The molecule has 4 heteroatoms. The summed E-state index contributed by atoms with van der Waals surface area (Å²) >= 11 is 1.78. The lowest BCUT2D eigenvalue weighted by Crippen LogP contribution is -2.08. The molecule has 1 aromatic heterocycles. The van der Waals surface area contributed by atoms with E-state index in [-0.39, 0.29) is 0 Å². The van der Waals surface area contributed by atoms with Gasteiger partial charge in [-0.1, -0.05) is 0 Å². The fourth-order valence-electron chi connectivity index (χ4n) is 1.73. The summed E-state index contributed by atoms with van der Waals surface area (Å²) in [5.41, 5.74) is 1.18. The zero-order chi connectivity index (χ0) is 12.6. The Hall–Kier alpha value is -1.10. The van der Waals surface area contributed by atoms with Crippen molar-refractivity contribution in [2.24, 2.45) is 0 Å². The predicted octanol–water partition coefficient (Wildman–Crippen LogP) is 3.37. The summed E-state index contributed by atoms with van der Waals surface area (Å²) in [6, 6.07) is 8.64. The Morgan fingerprint density at radius 2 is 2.11 bits per heavy atom. The molecular formula is C14H19NO2S. The molecule has 0 radical (unpaired) electrons. The Bertz CT molecular complexity index is 470. The van der Waals surface area contributed by atoms with Crippen LogP contribution in [0.15, 0.2) is 29.6 Å². The Balaban J connectivity index is 1.67. The summed E-state index contributed by atoms with van der Waals surface area (Å²) in [6.07, 6.45) is 1.01. The molecule has 2 aromatic rings. The highest BCUT2D eigenvalue weighted by Crippen LogP contribution is 2.23. The highest BCUT2D eigenvalue weighted by atomic mass is 32.1. The molecule has 98 valence electrons. The molecule has 0 aliphatic rings. The number of anilines is 1. The van der Waals surface area contributed by atoms with Crippen LogP contribution in [0.2, 0.25) is 0 Å². The second-order valence-electron chi connectivity index (χ2n) is 4.06. The summed E-state index contributed by atoms with van der Waals surface area (Å²) in [4.78, 5) is 0. The van der Waals surface area contributed by atoms with E-state index in [1.165, 1.54) is 15.8 Å². The molecule has 2 rings (SSSR count). The van der Waals surface area contributed by atoms with Crippen LogP contribution in [0.1, 0.15) is 6.42 Å². The molecule has 0 fully saturated rings. The van der Waals surface area contributed by atoms with Crippen LogP contribution in [-0.4, -0.2) is 33.5 Å². The standard InChI is InChI=1S/C14H19NO2S/c1-16-8-9-17-7-2-6-15-13-3-4-14-12(11-13)5-10-18-14/h3-5,10-11,15H,2,6-9H2,1H3. The smallest absolute Gasteiger partial charge is 0.0700 e. The van der Waals surface area contributed by atoms with E-state index in [0.29, 0.717) is 13.2 Å². The maximum Gasteiger partial charge on any atom is 0.0700 e. The van der Waals surface area contributed by atoms with Crippen molar-refractivity contribution in [1.82, 2.24) is 0 Å². The molecule has 0 aliphatic heterocycles. The third-order valence-corrected chi connectivity index (χ3v) is 3.58. The number of nitrogens with one attached hydrogen (secondary N) is 1. The van der Waals surface area contributed by atoms with Gasteiger partial charge in [-0.3, -0.25) is 0 Å². The molecule has 0 aliphatic carbocycles. The largest absolute Gasteiger partial charge is 0.385 e. The van der Waals surface area contributed by atoms with Crippen molar-refractivity contribution in [3.8, 4) is 0 Å². The number of thiophene rings is 1. The van der Waals surface area contributed by atoms with Crippen molar-refractivity contribution in [2.75, 3.05) is 38.8 Å². The van der Waals surface area contributed by atoms with Gasteiger partial charge in [-0.05, 0) is 41.5 Å². The number of methoxy groups -OCH3 is 1. The molecule has 0 atom stereocenters. The molecule has 3 nitrogen and oxygen atoms in total. The summed E-state index contributed by atoms with van der Waals surface area (Å²) in [5, 5.41) is 6.84. The molecule has 0 saturated heterocycles. The van der Waals surface area contributed by atoms with E-state index in [0.717, 1.165) is 19.6 Å². The zero-order valence-electron chi connectivity index (χ0n) is 10.6. The van der Waals surface area contributed by atoms with E-state index in [1.807, 2.05) is 0 Å². The SMILES string of the molecule is COCCOCCCNc1ccc2sccc2c1. The van der Waals surface area contributed by atoms with Crippen molar-refractivity contribution in [3.63, 3.8) is 0 Å². The maximum atomic E-state index is 5.41. The van der Waals surface area contributed by atoms with Crippen LogP contribution in [-0.2, 0) is 9.47 Å². The minimum atomic E-state index is 0.669. The van der Waals surface area contributed by atoms with Crippen LogP contribution in [0, 0.1) is 0 Å². The number of rotatable bonds is 8. The van der Waals surface area contributed by atoms with Gasteiger partial charge in [-0.25, -0.2) is 0 Å². The van der Waals surface area contributed by atoms with E-state index >= 15 is 0 Å². The molecule has 0 spiro atoms. The second-order valence-corrected chi connectivity index (χ2v) is 5.01. The highest BCUT2D eigenvalue weighted by molar-refractivity contribution is 7.17. The average Bonchev–Trinajstić information content (AvgIpc) is 2.85. The van der Waals surface area contributed by atoms with Crippen molar-refractivity contribution < 1.29 is 9.47 Å². The molecular weight excluding hydrogens is 246 g/mol. The molecule has 1 aromatic carbocycles. The van der Waals surface area contributed by atoms with E-state index in [1.54, 1.807) is 18.4 Å². The number of fused-ring (bicyclic) bond motifs is 1. The lowest BCUT2D eigenvalue weighted by molar-refractivity contribution is 0.0705. The summed E-state index contributed by atoms with van der Waals surface area (Å²) < 4.78 is 11.7. The Labute approximate surface area is 112 Å². The summed E-state index contributed by atoms with van der Waals surface area (Å²) in [5.74, 6) is 0. The van der Waals surface area contributed by atoms with Gasteiger partial charge >= 0.3 is 0 Å². The van der Waals surface area contributed by atoms with Gasteiger partial charge < -0.3 is 14.8 Å². The first-order chi connectivity index (χ1) is 8.90. The number of benzene rings is 1. The summed E-state index contributed by atoms with van der Waals surface area (Å²) in [7, 11) is 1.69. The van der Waals surface area contributed by atoms with Gasteiger partial charge in [0.25, 0.3) is 0 Å². The topological polar surface area (TPSA) is 30.5 Å². The third kappa shape index (κ3) is 3.98. The first kappa shape index (κ1) is 13.3. The molecule has 18 heavy (non-hydrogen) atoms. The van der Waals surface area contributed by atoms with Crippen LogP contribution in [0.5, 0.6) is 0 Å². The minimum absolute atomic E-state index is 0.669. The molecule has 0 saturated carbocycles. The fourth-order valence-corrected chi connectivity index (χ4v) is 2.50. The Morgan fingerprint density at radius 1 is 1.17 bits per heavy atom. The van der Waals surface area contributed by atoms with Gasteiger partial charge in [-0.15, -0.1) is 11.3 Å². The zero-order valence-corrected chi connectivity index (χ0v) is 11.5. The Morgan fingerprint density at radius 3 is 3.00 bits per heavy atom. The van der Waals surface area contributed by atoms with Gasteiger partial charge in [-0.2, -0.15) is 0 Å². The van der Waals surface area contributed by atoms with Crippen molar-refractivity contribution in [3.05, 3.63) is 29.6 Å². The predicted molar refractivity (Wildman–Crippen MR) is 77.6 cm³/mol. The minimum Gasteiger partial charge on any atom is -0.385 e. The molecule has 1 N–H and O–H groups in total. The van der Waals surface area contributed by atoms with Crippen molar-refractivity contribution in [2.45, 2.75) is 6.42 Å². The molecule has 1 heterocycles. The molecule has 0 unspecified atom stereocenters. The van der Waals surface area contributed by atoms with Crippen molar-refractivity contribution in [1.29, 1.82) is 0 Å². The lowest BCUT2D eigenvalue weighted by Gasteiger charge is -2.07. The quantitative estimate of drug-likeness (QED) is 0.742. The van der Waals surface area contributed by atoms with Gasteiger partial charge in [0.2, 0.25) is 0 Å². The van der Waals surface area contributed by atoms with Crippen molar-refractivity contribution >= 4 is 27.1 Å². The molecule has 0 bridgehead atoms. The van der Waals surface area contributed by atoms with Crippen LogP contribution in [0.4, 0.5) is 5.69 Å². The number of ether oxygens (including phenoxy) is 2. The van der Waals surface area contributed by atoms with Crippen LogP contribution in [0.3, 0.4) is 0 Å². The monoisotopic (exact) mass is 265 g/mol. The van der Waals surface area contributed by atoms with E-state index in [2.05, 4.69) is 35.0 Å². The van der Waals surface area contributed by atoms with Crippen LogP contribution in [0.25, 0.3) is 10.1 Å². The van der Waals surface area contributed by atoms with E-state index in [4.69, 9.17) is 9.47 Å². The fraction of sp³-hybridized carbons (Fsp3) is 0.429. The highest BCUT2D eigenvalue weighted by Gasteiger charge is 1.97. The Kier molecular flexibility index (Phi) is 5.45. The first-order valence-electron chi connectivity index (χ1n) is 6.18. The third-order valence-electron chi connectivity index (χ3n) is 2.68. The van der Waals surface area contributed by atoms with Gasteiger partial charge in [0.1, 0.15) is 0 Å². The van der Waals surface area contributed by atoms with Gasteiger partial charge in [0.15, 0.2) is 0 Å². The average molecular weight is 265 g/mol. The van der Waals surface area contributed by atoms with E-state index in [9.17, 15) is 0 Å². The molecule has 0 amide bonds. The van der Waals surface area contributed by atoms with Gasteiger partial charge in [0.05, 0.1) is 13.2 Å². The second kappa shape index (κ2) is 7.36. The van der Waals surface area contributed by atoms with Gasteiger partial charge in [0, 0.05) is 30.6 Å². The summed E-state index contributed by atoms with van der Waals surface area (Å²) in [6.45, 7) is 3.05. The van der Waals surface area contributed by atoms with Crippen LogP contribution < -0.4 is 5.32 Å². The number of hydrogen-bond acceptors (Lipinski definition) is 4. The first-order valence-corrected chi connectivity index (χ1v) is 7.06. The van der Waals surface area contributed by atoms with E-state index < -0.39 is 0 Å².